The second kappa shape index (κ2) is 5.99. The van der Waals surface area contributed by atoms with Gasteiger partial charge >= 0.3 is 10.2 Å². The standard InChI is InChI=1S/C12H16FNO5S2/c13-20(16,17)11-2-1-3-12(8-11)21(18,19)14-5-4-9-6-10(15)7-9/h1-3,8-10,14-15H,4-7H2. The molecule has 6 nitrogen and oxygen atoms in total. The summed E-state index contributed by atoms with van der Waals surface area (Å²) in [6, 6.07) is 4.14. The molecule has 1 aromatic rings. The lowest BCUT2D eigenvalue weighted by Gasteiger charge is -2.31. The highest BCUT2D eigenvalue weighted by molar-refractivity contribution is 7.89. The van der Waals surface area contributed by atoms with Gasteiger partial charge in [-0.05, 0) is 43.4 Å². The molecule has 0 unspecified atom stereocenters. The van der Waals surface area contributed by atoms with E-state index in [1.54, 1.807) is 0 Å². The monoisotopic (exact) mass is 337 g/mol. The number of hydrogen-bond acceptors (Lipinski definition) is 5. The van der Waals surface area contributed by atoms with E-state index in [1.165, 1.54) is 12.1 Å². The van der Waals surface area contributed by atoms with Crippen LogP contribution in [0.15, 0.2) is 34.1 Å². The molecule has 2 N–H and O–H groups in total. The first-order chi connectivity index (χ1) is 9.68. The van der Waals surface area contributed by atoms with E-state index < -0.39 is 25.1 Å². The van der Waals surface area contributed by atoms with E-state index in [2.05, 4.69) is 4.72 Å². The second-order valence-corrected chi connectivity index (χ2v) is 8.20. The molecule has 1 aromatic carbocycles. The molecule has 0 spiro atoms. The van der Waals surface area contributed by atoms with Crippen molar-refractivity contribution in [2.75, 3.05) is 6.54 Å². The zero-order valence-electron chi connectivity index (χ0n) is 11.1. The Labute approximate surface area is 123 Å². The molecule has 0 aromatic heterocycles. The number of nitrogens with one attached hydrogen (secondary N) is 1. The number of hydrogen-bond donors (Lipinski definition) is 2. The summed E-state index contributed by atoms with van der Waals surface area (Å²) in [4.78, 5) is -0.984. The minimum absolute atomic E-state index is 0.187. The summed E-state index contributed by atoms with van der Waals surface area (Å²) in [5, 5.41) is 9.13. The number of rotatable bonds is 6. The largest absolute Gasteiger partial charge is 0.393 e. The highest BCUT2D eigenvalue weighted by atomic mass is 32.3. The zero-order chi connectivity index (χ0) is 15.7. The molecule has 0 bridgehead atoms. The van der Waals surface area contributed by atoms with E-state index in [0.717, 1.165) is 12.1 Å². The van der Waals surface area contributed by atoms with Crippen molar-refractivity contribution in [1.29, 1.82) is 0 Å². The number of halogens is 1. The van der Waals surface area contributed by atoms with Crippen molar-refractivity contribution >= 4 is 20.2 Å². The lowest BCUT2D eigenvalue weighted by Crippen LogP contribution is -2.32. The van der Waals surface area contributed by atoms with E-state index in [0.29, 0.717) is 25.2 Å². The Balaban J connectivity index is 2.02. The average molecular weight is 337 g/mol. The maximum atomic E-state index is 12.9. The summed E-state index contributed by atoms with van der Waals surface area (Å²) in [6.45, 7) is 0.187. The lowest BCUT2D eigenvalue weighted by molar-refractivity contribution is 0.0400. The predicted octanol–water partition coefficient (Wildman–Crippen LogP) is 0.784. The molecule has 0 atom stereocenters. The smallest absolute Gasteiger partial charge is 0.332 e. The Morgan fingerprint density at radius 1 is 1.19 bits per heavy atom. The Kier molecular flexibility index (Phi) is 4.66. The number of benzene rings is 1. The first-order valence-electron chi connectivity index (χ1n) is 6.41. The average Bonchev–Trinajstić information content (AvgIpc) is 2.35. The number of aliphatic hydroxyl groups is 1. The summed E-state index contributed by atoms with van der Waals surface area (Å²) in [7, 11) is -8.82. The Morgan fingerprint density at radius 3 is 2.38 bits per heavy atom. The van der Waals surface area contributed by atoms with E-state index in [1.807, 2.05) is 0 Å². The van der Waals surface area contributed by atoms with Crippen LogP contribution >= 0.6 is 0 Å². The predicted molar refractivity (Wildman–Crippen MR) is 73.3 cm³/mol. The van der Waals surface area contributed by atoms with Gasteiger partial charge in [-0.15, -0.1) is 3.89 Å². The SMILES string of the molecule is O=S(=O)(F)c1cccc(S(=O)(=O)NCCC2CC(O)C2)c1. The molecular formula is C12H16FNO5S2. The molecule has 9 heteroatoms. The van der Waals surface area contributed by atoms with E-state index in [4.69, 9.17) is 5.11 Å². The van der Waals surface area contributed by atoms with Crippen molar-refractivity contribution in [3.05, 3.63) is 24.3 Å². The minimum Gasteiger partial charge on any atom is -0.393 e. The van der Waals surface area contributed by atoms with Crippen molar-refractivity contribution < 1.29 is 25.8 Å². The molecule has 0 radical (unpaired) electrons. The van der Waals surface area contributed by atoms with Crippen LogP contribution < -0.4 is 4.72 Å². The first-order valence-corrected chi connectivity index (χ1v) is 9.27. The maximum absolute atomic E-state index is 12.9. The molecule has 0 saturated heterocycles. The molecule has 21 heavy (non-hydrogen) atoms. The van der Waals surface area contributed by atoms with E-state index in [9.17, 15) is 20.7 Å². The lowest BCUT2D eigenvalue weighted by atomic mass is 9.80. The fourth-order valence-corrected chi connectivity index (χ4v) is 3.89. The van der Waals surface area contributed by atoms with Crippen LogP contribution in [0, 0.1) is 5.92 Å². The van der Waals surface area contributed by atoms with Crippen LogP contribution in [-0.4, -0.2) is 34.6 Å². The molecule has 118 valence electrons. The first kappa shape index (κ1) is 16.3. The molecule has 0 heterocycles. The van der Waals surface area contributed by atoms with Gasteiger partial charge in [0.1, 0.15) is 0 Å². The fourth-order valence-electron chi connectivity index (χ4n) is 2.21. The molecule has 1 aliphatic carbocycles. The van der Waals surface area contributed by atoms with Gasteiger partial charge in [-0.3, -0.25) is 0 Å². The van der Waals surface area contributed by atoms with Crippen molar-refractivity contribution in [3.8, 4) is 0 Å². The molecule has 1 fully saturated rings. The van der Waals surface area contributed by atoms with Gasteiger partial charge in [-0.1, -0.05) is 6.07 Å². The van der Waals surface area contributed by atoms with Crippen LogP contribution in [0.2, 0.25) is 0 Å². The molecule has 1 saturated carbocycles. The third kappa shape index (κ3) is 4.22. The van der Waals surface area contributed by atoms with Crippen molar-refractivity contribution in [2.45, 2.75) is 35.2 Å². The summed E-state index contributed by atoms with van der Waals surface area (Å²) >= 11 is 0. The summed E-state index contributed by atoms with van der Waals surface area (Å²) < 4.78 is 60.8. The summed E-state index contributed by atoms with van der Waals surface area (Å²) in [6.07, 6.45) is 1.63. The Hall–Kier alpha value is -1.03. The molecular weight excluding hydrogens is 321 g/mol. The summed E-state index contributed by atoms with van der Waals surface area (Å²) in [5.74, 6) is 0.292. The van der Waals surface area contributed by atoms with Gasteiger partial charge in [0.2, 0.25) is 10.0 Å². The van der Waals surface area contributed by atoms with Crippen LogP contribution in [0.1, 0.15) is 19.3 Å². The molecule has 2 rings (SSSR count). The second-order valence-electron chi connectivity index (χ2n) is 5.09. The highest BCUT2D eigenvalue weighted by Gasteiger charge is 2.27. The third-order valence-corrected chi connectivity index (χ3v) is 5.73. The van der Waals surface area contributed by atoms with E-state index in [-0.39, 0.29) is 17.5 Å². The quantitative estimate of drug-likeness (QED) is 0.747. The van der Waals surface area contributed by atoms with Gasteiger partial charge < -0.3 is 5.11 Å². The summed E-state index contributed by atoms with van der Waals surface area (Å²) in [5.41, 5.74) is 0. The van der Waals surface area contributed by atoms with Crippen LogP contribution in [0.25, 0.3) is 0 Å². The zero-order valence-corrected chi connectivity index (χ0v) is 12.7. The number of sulfonamides is 1. The van der Waals surface area contributed by atoms with Crippen LogP contribution in [0.5, 0.6) is 0 Å². The van der Waals surface area contributed by atoms with Gasteiger partial charge in [-0.25, -0.2) is 13.1 Å². The van der Waals surface area contributed by atoms with Crippen molar-refractivity contribution in [3.63, 3.8) is 0 Å². The van der Waals surface area contributed by atoms with Crippen LogP contribution in [-0.2, 0) is 20.2 Å². The Bertz CT molecular complexity index is 711. The molecule has 1 aliphatic rings. The minimum atomic E-state index is -4.94. The van der Waals surface area contributed by atoms with Gasteiger partial charge in [0.25, 0.3) is 0 Å². The van der Waals surface area contributed by atoms with Crippen molar-refractivity contribution in [1.82, 2.24) is 4.72 Å². The topological polar surface area (TPSA) is 101 Å². The van der Waals surface area contributed by atoms with Gasteiger partial charge in [0.05, 0.1) is 15.9 Å². The van der Waals surface area contributed by atoms with E-state index >= 15 is 0 Å². The van der Waals surface area contributed by atoms with Crippen molar-refractivity contribution in [2.24, 2.45) is 5.92 Å². The van der Waals surface area contributed by atoms with Gasteiger partial charge in [0.15, 0.2) is 0 Å². The third-order valence-electron chi connectivity index (χ3n) is 3.45. The van der Waals surface area contributed by atoms with Gasteiger partial charge in [-0.2, -0.15) is 8.42 Å². The van der Waals surface area contributed by atoms with Crippen LogP contribution in [0.3, 0.4) is 0 Å². The van der Waals surface area contributed by atoms with Gasteiger partial charge in [0, 0.05) is 6.54 Å². The Morgan fingerprint density at radius 2 is 1.81 bits per heavy atom. The maximum Gasteiger partial charge on any atom is 0.332 e. The fraction of sp³-hybridized carbons (Fsp3) is 0.500. The normalized spacial score (nSPS) is 22.8. The molecule has 0 amide bonds. The molecule has 0 aliphatic heterocycles. The van der Waals surface area contributed by atoms with Crippen LogP contribution in [0.4, 0.5) is 3.89 Å². The highest BCUT2D eigenvalue weighted by Crippen LogP contribution is 2.29. The number of aliphatic hydroxyl groups excluding tert-OH is 1.